The van der Waals surface area contributed by atoms with Gasteiger partial charge in [0, 0.05) is 30.6 Å². The van der Waals surface area contributed by atoms with Crippen molar-refractivity contribution in [1.82, 2.24) is 15.2 Å². The Labute approximate surface area is 145 Å². The molecule has 1 atom stereocenters. The van der Waals surface area contributed by atoms with Crippen molar-refractivity contribution in [2.24, 2.45) is 0 Å². The zero-order valence-electron chi connectivity index (χ0n) is 12.4. The lowest BCUT2D eigenvalue weighted by Gasteiger charge is -2.33. The summed E-state index contributed by atoms with van der Waals surface area (Å²) in [7, 11) is 0. The summed E-state index contributed by atoms with van der Waals surface area (Å²) < 4.78 is 5.35. The molecular formula is C14H19Cl2N3O2S. The van der Waals surface area contributed by atoms with E-state index in [-0.39, 0.29) is 36.8 Å². The van der Waals surface area contributed by atoms with E-state index in [0.29, 0.717) is 11.5 Å². The summed E-state index contributed by atoms with van der Waals surface area (Å²) in [6, 6.07) is 3.88. The van der Waals surface area contributed by atoms with Gasteiger partial charge in [-0.3, -0.25) is 4.79 Å². The molecule has 0 bridgehead atoms. The molecule has 3 heterocycles. The monoisotopic (exact) mass is 363 g/mol. The van der Waals surface area contributed by atoms with Gasteiger partial charge in [0.15, 0.2) is 10.8 Å². The van der Waals surface area contributed by atoms with Crippen LogP contribution in [-0.4, -0.2) is 41.5 Å². The fourth-order valence-electron chi connectivity index (χ4n) is 2.38. The summed E-state index contributed by atoms with van der Waals surface area (Å²) >= 11 is 1.50. The minimum Gasteiger partial charge on any atom is -0.462 e. The zero-order chi connectivity index (χ0) is 14.1. The average molecular weight is 364 g/mol. The third kappa shape index (κ3) is 3.63. The molecule has 122 valence electrons. The van der Waals surface area contributed by atoms with Crippen LogP contribution in [0.2, 0.25) is 0 Å². The summed E-state index contributed by atoms with van der Waals surface area (Å²) in [6.45, 7) is 6.39. The Kier molecular flexibility index (Phi) is 6.87. The van der Waals surface area contributed by atoms with Gasteiger partial charge in [-0.25, -0.2) is 4.98 Å². The van der Waals surface area contributed by atoms with Gasteiger partial charge in [-0.2, -0.15) is 0 Å². The number of nitrogens with one attached hydrogen (secondary N) is 1. The molecular weight excluding hydrogens is 345 g/mol. The van der Waals surface area contributed by atoms with E-state index in [1.54, 1.807) is 6.26 Å². The number of carbonyl (C=O) groups is 1. The topological polar surface area (TPSA) is 58.4 Å². The number of aromatic nitrogens is 1. The molecule has 0 spiro atoms. The molecule has 22 heavy (non-hydrogen) atoms. The Morgan fingerprint density at radius 1 is 1.50 bits per heavy atom. The van der Waals surface area contributed by atoms with Gasteiger partial charge >= 0.3 is 0 Å². The number of halogens is 2. The Bertz CT molecular complexity index is 616. The van der Waals surface area contributed by atoms with Crippen molar-refractivity contribution in [2.75, 3.05) is 19.6 Å². The SMILES string of the molecule is Cc1sc(-c2ccco2)nc1C(=O)N1CCNCC1C.Cl.Cl. The number of amides is 1. The van der Waals surface area contributed by atoms with Crippen LogP contribution < -0.4 is 5.32 Å². The van der Waals surface area contributed by atoms with Gasteiger partial charge in [0.1, 0.15) is 5.69 Å². The second-order valence-electron chi connectivity index (χ2n) is 4.95. The molecule has 1 amide bonds. The van der Waals surface area contributed by atoms with Crippen LogP contribution in [0, 0.1) is 6.92 Å². The van der Waals surface area contributed by atoms with Crippen LogP contribution in [0.15, 0.2) is 22.8 Å². The molecule has 1 aliphatic rings. The first-order valence-electron chi connectivity index (χ1n) is 6.70. The van der Waals surface area contributed by atoms with E-state index in [2.05, 4.69) is 17.2 Å². The number of nitrogens with zero attached hydrogens (tertiary/aromatic N) is 2. The summed E-state index contributed by atoms with van der Waals surface area (Å²) in [5.41, 5.74) is 0.551. The molecule has 1 aliphatic heterocycles. The Morgan fingerprint density at radius 2 is 2.27 bits per heavy atom. The Morgan fingerprint density at radius 3 is 2.91 bits per heavy atom. The van der Waals surface area contributed by atoms with Gasteiger partial charge in [-0.05, 0) is 26.0 Å². The lowest BCUT2D eigenvalue weighted by molar-refractivity contribution is 0.0650. The number of furan rings is 1. The van der Waals surface area contributed by atoms with E-state index in [1.165, 1.54) is 11.3 Å². The van der Waals surface area contributed by atoms with Crippen LogP contribution in [-0.2, 0) is 0 Å². The average Bonchev–Trinajstić information content (AvgIpc) is 3.07. The number of thiazole rings is 1. The second-order valence-corrected chi connectivity index (χ2v) is 6.16. The predicted molar refractivity (Wildman–Crippen MR) is 92.4 cm³/mol. The molecule has 1 unspecified atom stereocenters. The summed E-state index contributed by atoms with van der Waals surface area (Å²) in [4.78, 5) is 19.9. The first-order chi connectivity index (χ1) is 9.66. The third-order valence-corrected chi connectivity index (χ3v) is 4.48. The zero-order valence-corrected chi connectivity index (χ0v) is 14.8. The first kappa shape index (κ1) is 19.0. The Hall–Kier alpha value is -1.08. The van der Waals surface area contributed by atoms with E-state index in [0.717, 1.165) is 29.5 Å². The van der Waals surface area contributed by atoms with Crippen LogP contribution in [0.5, 0.6) is 0 Å². The van der Waals surface area contributed by atoms with Gasteiger partial charge < -0.3 is 14.6 Å². The maximum Gasteiger partial charge on any atom is 0.273 e. The Balaban J connectivity index is 0.00000121. The number of aryl methyl sites for hydroxylation is 1. The van der Waals surface area contributed by atoms with Gasteiger partial charge in [-0.1, -0.05) is 0 Å². The van der Waals surface area contributed by atoms with Crippen molar-refractivity contribution < 1.29 is 9.21 Å². The third-order valence-electron chi connectivity index (χ3n) is 3.49. The van der Waals surface area contributed by atoms with Crippen molar-refractivity contribution in [2.45, 2.75) is 19.9 Å². The molecule has 0 aromatic carbocycles. The number of hydrogen-bond donors (Lipinski definition) is 1. The molecule has 1 N–H and O–H groups in total. The number of hydrogen-bond acceptors (Lipinski definition) is 5. The maximum atomic E-state index is 12.6. The van der Waals surface area contributed by atoms with Crippen molar-refractivity contribution in [3.8, 4) is 10.8 Å². The van der Waals surface area contributed by atoms with E-state index in [1.807, 2.05) is 24.0 Å². The molecule has 0 saturated carbocycles. The van der Waals surface area contributed by atoms with Crippen molar-refractivity contribution in [3.63, 3.8) is 0 Å². The lowest BCUT2D eigenvalue weighted by Crippen LogP contribution is -2.52. The quantitative estimate of drug-likeness (QED) is 0.890. The van der Waals surface area contributed by atoms with E-state index in [4.69, 9.17) is 4.42 Å². The predicted octanol–water partition coefficient (Wildman–Crippen LogP) is 2.99. The summed E-state index contributed by atoms with van der Waals surface area (Å²) in [5, 5.41) is 4.05. The van der Waals surface area contributed by atoms with Gasteiger partial charge in [0.25, 0.3) is 5.91 Å². The van der Waals surface area contributed by atoms with Crippen LogP contribution in [0.3, 0.4) is 0 Å². The normalized spacial score (nSPS) is 17.5. The van der Waals surface area contributed by atoms with Crippen molar-refractivity contribution in [3.05, 3.63) is 29.0 Å². The van der Waals surface area contributed by atoms with Crippen molar-refractivity contribution >= 4 is 42.1 Å². The summed E-state index contributed by atoms with van der Waals surface area (Å²) in [6.07, 6.45) is 1.62. The molecule has 2 aromatic heterocycles. The highest BCUT2D eigenvalue weighted by Crippen LogP contribution is 2.28. The standard InChI is InChI=1S/C14H17N3O2S.2ClH/c1-9-8-15-5-6-17(9)14(18)12-10(2)20-13(16-12)11-4-3-7-19-11;;/h3-4,7,9,15H,5-6,8H2,1-2H3;2*1H. The van der Waals surface area contributed by atoms with E-state index in [9.17, 15) is 4.79 Å². The highest BCUT2D eigenvalue weighted by molar-refractivity contribution is 7.15. The number of carbonyl (C=O) groups excluding carboxylic acids is 1. The molecule has 8 heteroatoms. The number of piperazine rings is 1. The molecule has 0 aliphatic carbocycles. The minimum absolute atomic E-state index is 0. The van der Waals surface area contributed by atoms with E-state index >= 15 is 0 Å². The highest BCUT2D eigenvalue weighted by Gasteiger charge is 2.27. The molecule has 1 saturated heterocycles. The minimum atomic E-state index is 0. The lowest BCUT2D eigenvalue weighted by atomic mass is 10.2. The van der Waals surface area contributed by atoms with Gasteiger partial charge in [0.05, 0.1) is 6.26 Å². The van der Waals surface area contributed by atoms with Crippen molar-refractivity contribution in [1.29, 1.82) is 0 Å². The molecule has 0 radical (unpaired) electrons. The van der Waals surface area contributed by atoms with Gasteiger partial charge in [-0.15, -0.1) is 36.2 Å². The van der Waals surface area contributed by atoms with Crippen LogP contribution in [0.4, 0.5) is 0 Å². The second kappa shape index (κ2) is 7.97. The first-order valence-corrected chi connectivity index (χ1v) is 7.51. The molecule has 3 rings (SSSR count). The van der Waals surface area contributed by atoms with Crippen LogP contribution >= 0.6 is 36.2 Å². The largest absolute Gasteiger partial charge is 0.462 e. The molecule has 2 aromatic rings. The number of rotatable bonds is 2. The van der Waals surface area contributed by atoms with E-state index < -0.39 is 0 Å². The maximum absolute atomic E-state index is 12.6. The molecule has 1 fully saturated rings. The van der Waals surface area contributed by atoms with Crippen LogP contribution in [0.1, 0.15) is 22.3 Å². The van der Waals surface area contributed by atoms with Gasteiger partial charge in [0.2, 0.25) is 0 Å². The summed E-state index contributed by atoms with van der Waals surface area (Å²) in [5.74, 6) is 0.732. The molecule has 5 nitrogen and oxygen atoms in total. The fourth-order valence-corrected chi connectivity index (χ4v) is 3.25. The van der Waals surface area contributed by atoms with Crippen LogP contribution in [0.25, 0.3) is 10.8 Å². The highest BCUT2D eigenvalue weighted by atomic mass is 35.5. The fraction of sp³-hybridized carbons (Fsp3) is 0.429. The smallest absolute Gasteiger partial charge is 0.273 e.